The molecule has 0 radical (unpaired) electrons. The van der Waals surface area contributed by atoms with Crippen LogP contribution >= 0.6 is 0 Å². The van der Waals surface area contributed by atoms with E-state index in [1.807, 2.05) is 0 Å². The van der Waals surface area contributed by atoms with Crippen molar-refractivity contribution >= 4 is 29.2 Å². The van der Waals surface area contributed by atoms with Gasteiger partial charge in [-0.2, -0.15) is 0 Å². The van der Waals surface area contributed by atoms with Crippen molar-refractivity contribution in [2.24, 2.45) is 0 Å². The van der Waals surface area contributed by atoms with Gasteiger partial charge in [-0.25, -0.2) is 9.59 Å². The highest BCUT2D eigenvalue weighted by Crippen LogP contribution is 2.39. The fraction of sp³-hybridized carbons (Fsp3) is 0.286. The number of carbonyl (C=O) groups excluding carboxylic acids is 3. The van der Waals surface area contributed by atoms with Crippen LogP contribution in [0.3, 0.4) is 0 Å². The number of methoxy groups -OCH3 is 5. The normalized spacial score (nSPS) is 9.97. The second-order valence-corrected chi connectivity index (χ2v) is 6.10. The molecule has 0 atom stereocenters. The first-order valence-corrected chi connectivity index (χ1v) is 9.02. The number of ether oxygens (including phenoxy) is 5. The number of rotatable bonds is 9. The Hall–Kier alpha value is -3.95. The number of hydrogen-bond donors (Lipinski definition) is 2. The van der Waals surface area contributed by atoms with Crippen molar-refractivity contribution in [2.75, 3.05) is 52.7 Å². The van der Waals surface area contributed by atoms with E-state index in [2.05, 4.69) is 10.6 Å². The Morgan fingerprint density at radius 1 is 0.710 bits per heavy atom. The molecule has 31 heavy (non-hydrogen) atoms. The predicted molar refractivity (Wildman–Crippen MR) is 112 cm³/mol. The summed E-state index contributed by atoms with van der Waals surface area (Å²) in [6.07, 6.45) is 0. The summed E-state index contributed by atoms with van der Waals surface area (Å²) in [6, 6.07) is 7.45. The fourth-order valence-corrected chi connectivity index (χ4v) is 2.74. The zero-order chi connectivity index (χ0) is 23.0. The van der Waals surface area contributed by atoms with Crippen molar-refractivity contribution in [3.63, 3.8) is 0 Å². The second-order valence-electron chi connectivity index (χ2n) is 6.10. The molecule has 2 aromatic rings. The van der Waals surface area contributed by atoms with Gasteiger partial charge in [0.1, 0.15) is 0 Å². The van der Waals surface area contributed by atoms with Gasteiger partial charge < -0.3 is 34.3 Å². The maximum atomic E-state index is 12.4. The van der Waals surface area contributed by atoms with Gasteiger partial charge in [0, 0.05) is 23.5 Å². The SMILES string of the molecule is COC(=O)c1cc(NCC(=O)Nc2cc(OC)c(OC)c(OC)c2)cc(C(=O)OC)c1. The maximum Gasteiger partial charge on any atom is 0.337 e. The first-order chi connectivity index (χ1) is 14.9. The van der Waals surface area contributed by atoms with E-state index in [4.69, 9.17) is 23.7 Å². The Morgan fingerprint density at radius 3 is 1.65 bits per heavy atom. The number of benzene rings is 2. The van der Waals surface area contributed by atoms with Crippen LogP contribution in [-0.4, -0.2) is 59.9 Å². The van der Waals surface area contributed by atoms with Gasteiger partial charge in [-0.05, 0) is 18.2 Å². The molecule has 10 heteroatoms. The summed E-state index contributed by atoms with van der Waals surface area (Å²) in [5, 5.41) is 5.58. The van der Waals surface area contributed by atoms with Crippen molar-refractivity contribution in [2.45, 2.75) is 0 Å². The maximum absolute atomic E-state index is 12.4. The summed E-state index contributed by atoms with van der Waals surface area (Å²) in [7, 11) is 6.87. The molecule has 0 aromatic heterocycles. The molecule has 0 saturated heterocycles. The Morgan fingerprint density at radius 2 is 1.23 bits per heavy atom. The molecule has 10 nitrogen and oxygen atoms in total. The van der Waals surface area contributed by atoms with Crippen LogP contribution in [0.4, 0.5) is 11.4 Å². The van der Waals surface area contributed by atoms with Crippen molar-refractivity contribution in [1.82, 2.24) is 0 Å². The van der Waals surface area contributed by atoms with Crippen molar-refractivity contribution < 1.29 is 38.1 Å². The number of anilines is 2. The summed E-state index contributed by atoms with van der Waals surface area (Å²) in [5.41, 5.74) is 1.07. The molecular weight excluding hydrogens is 408 g/mol. The molecule has 0 fully saturated rings. The monoisotopic (exact) mass is 432 g/mol. The lowest BCUT2D eigenvalue weighted by atomic mass is 10.1. The van der Waals surface area contributed by atoms with E-state index in [1.54, 1.807) is 12.1 Å². The third-order valence-corrected chi connectivity index (χ3v) is 4.18. The third kappa shape index (κ3) is 5.78. The highest BCUT2D eigenvalue weighted by Gasteiger charge is 2.16. The molecule has 0 aliphatic rings. The lowest BCUT2D eigenvalue weighted by Crippen LogP contribution is -2.22. The van der Waals surface area contributed by atoms with E-state index in [-0.39, 0.29) is 17.7 Å². The molecule has 2 N–H and O–H groups in total. The summed E-state index contributed by atoms with van der Waals surface area (Å²) < 4.78 is 25.2. The molecule has 0 heterocycles. The van der Waals surface area contributed by atoms with E-state index in [9.17, 15) is 14.4 Å². The molecule has 0 aliphatic heterocycles. The molecule has 166 valence electrons. The highest BCUT2D eigenvalue weighted by atomic mass is 16.5. The van der Waals surface area contributed by atoms with Crippen LogP contribution < -0.4 is 24.8 Å². The number of esters is 2. The van der Waals surface area contributed by atoms with Crippen LogP contribution in [0.25, 0.3) is 0 Å². The van der Waals surface area contributed by atoms with Crippen LogP contribution in [0.1, 0.15) is 20.7 Å². The molecule has 2 aromatic carbocycles. The highest BCUT2D eigenvalue weighted by molar-refractivity contribution is 5.98. The smallest absolute Gasteiger partial charge is 0.337 e. The predicted octanol–water partition coefficient (Wildman–Crippen LogP) is 2.34. The Bertz CT molecular complexity index is 915. The van der Waals surface area contributed by atoms with Crippen molar-refractivity contribution in [3.8, 4) is 17.2 Å². The van der Waals surface area contributed by atoms with Gasteiger partial charge in [-0.3, -0.25) is 4.79 Å². The summed E-state index contributed by atoms with van der Waals surface area (Å²) in [6.45, 7) is -0.151. The first kappa shape index (κ1) is 23.3. The largest absolute Gasteiger partial charge is 0.493 e. The molecular formula is C21H24N2O8. The second kappa shape index (κ2) is 10.7. The van der Waals surface area contributed by atoms with Crippen molar-refractivity contribution in [1.29, 1.82) is 0 Å². The van der Waals surface area contributed by atoms with Crippen LogP contribution in [0.15, 0.2) is 30.3 Å². The standard InChI is InChI=1S/C21H24N2O8/c1-27-16-9-15(10-17(28-2)19(16)29-3)23-18(24)11-22-14-7-12(20(25)30-4)6-13(8-14)21(26)31-5/h6-10,22H,11H2,1-5H3,(H,23,24). The number of hydrogen-bond acceptors (Lipinski definition) is 9. The third-order valence-electron chi connectivity index (χ3n) is 4.18. The Kier molecular flexibility index (Phi) is 8.07. The van der Waals surface area contributed by atoms with Crippen LogP contribution in [0.2, 0.25) is 0 Å². The van der Waals surface area contributed by atoms with Gasteiger partial charge in [0.2, 0.25) is 11.7 Å². The Labute approximate surface area is 179 Å². The zero-order valence-corrected chi connectivity index (χ0v) is 17.9. The van der Waals surface area contributed by atoms with Crippen LogP contribution in [0, 0.1) is 0 Å². The molecule has 0 spiro atoms. The average Bonchev–Trinajstić information content (AvgIpc) is 2.80. The number of nitrogens with one attached hydrogen (secondary N) is 2. The first-order valence-electron chi connectivity index (χ1n) is 9.02. The minimum Gasteiger partial charge on any atom is -0.493 e. The van der Waals surface area contributed by atoms with Gasteiger partial charge in [-0.1, -0.05) is 0 Å². The zero-order valence-electron chi connectivity index (χ0n) is 17.9. The number of carbonyl (C=O) groups is 3. The quantitative estimate of drug-likeness (QED) is 0.575. The molecule has 2 rings (SSSR count). The molecule has 0 saturated carbocycles. The van der Waals surface area contributed by atoms with E-state index in [0.29, 0.717) is 28.6 Å². The van der Waals surface area contributed by atoms with Crippen LogP contribution in [-0.2, 0) is 14.3 Å². The minimum atomic E-state index is -0.629. The Balaban J connectivity index is 2.17. The molecule has 0 bridgehead atoms. The number of amides is 1. The topological polar surface area (TPSA) is 121 Å². The van der Waals surface area contributed by atoms with Gasteiger partial charge in [0.05, 0.1) is 53.2 Å². The molecule has 0 unspecified atom stereocenters. The fourth-order valence-electron chi connectivity index (χ4n) is 2.74. The average molecular weight is 432 g/mol. The van der Waals surface area contributed by atoms with Gasteiger partial charge in [-0.15, -0.1) is 0 Å². The summed E-state index contributed by atoms with van der Waals surface area (Å²) in [4.78, 5) is 36.2. The van der Waals surface area contributed by atoms with E-state index in [1.165, 1.54) is 53.7 Å². The molecule has 1 amide bonds. The van der Waals surface area contributed by atoms with Crippen molar-refractivity contribution in [3.05, 3.63) is 41.5 Å². The van der Waals surface area contributed by atoms with Gasteiger partial charge >= 0.3 is 11.9 Å². The minimum absolute atomic E-state index is 0.137. The van der Waals surface area contributed by atoms with E-state index < -0.39 is 17.8 Å². The van der Waals surface area contributed by atoms with Crippen LogP contribution in [0.5, 0.6) is 17.2 Å². The lowest BCUT2D eigenvalue weighted by molar-refractivity contribution is -0.114. The van der Waals surface area contributed by atoms with E-state index >= 15 is 0 Å². The van der Waals surface area contributed by atoms with Gasteiger partial charge in [0.25, 0.3) is 0 Å². The summed E-state index contributed by atoms with van der Waals surface area (Å²) >= 11 is 0. The van der Waals surface area contributed by atoms with Gasteiger partial charge in [0.15, 0.2) is 11.5 Å². The molecule has 0 aliphatic carbocycles. The summed E-state index contributed by atoms with van der Waals surface area (Å²) in [5.74, 6) is -0.475. The van der Waals surface area contributed by atoms with E-state index in [0.717, 1.165) is 0 Å². The lowest BCUT2D eigenvalue weighted by Gasteiger charge is -2.15.